The van der Waals surface area contributed by atoms with Gasteiger partial charge >= 0.3 is 0 Å². The van der Waals surface area contributed by atoms with Crippen LogP contribution in [-0.2, 0) is 0 Å². The Hall–Kier alpha value is -0.970. The van der Waals surface area contributed by atoms with Crippen molar-refractivity contribution in [2.45, 2.75) is 44.7 Å². The van der Waals surface area contributed by atoms with Crippen molar-refractivity contribution < 1.29 is 0 Å². The van der Waals surface area contributed by atoms with Gasteiger partial charge in [0.15, 0.2) is 0 Å². The number of nitrogens with one attached hydrogen (secondary N) is 1. The average molecular weight is 262 g/mol. The van der Waals surface area contributed by atoms with Crippen LogP contribution in [0.3, 0.4) is 0 Å². The molecule has 0 aliphatic heterocycles. The Kier molecular flexibility index (Phi) is 4.69. The van der Waals surface area contributed by atoms with E-state index in [1.807, 2.05) is 12.1 Å². The molecule has 0 radical (unpaired) electrons. The van der Waals surface area contributed by atoms with Gasteiger partial charge in [0.05, 0.1) is 0 Å². The van der Waals surface area contributed by atoms with E-state index in [0.29, 0.717) is 12.1 Å². The van der Waals surface area contributed by atoms with Crippen molar-refractivity contribution in [1.29, 1.82) is 0 Å². The van der Waals surface area contributed by atoms with E-state index in [4.69, 9.17) is 18.0 Å². The van der Waals surface area contributed by atoms with Crippen molar-refractivity contribution in [1.82, 2.24) is 5.32 Å². The molecule has 1 N–H and O–H groups in total. The van der Waals surface area contributed by atoms with E-state index in [2.05, 4.69) is 30.3 Å². The molecular weight excluding hydrogens is 242 g/mol. The summed E-state index contributed by atoms with van der Waals surface area (Å²) < 4.78 is 0. The lowest BCUT2D eigenvalue weighted by atomic mass is 10.00. The fraction of sp³-hybridized carbons (Fsp3) is 0.500. The van der Waals surface area contributed by atoms with E-state index in [1.165, 1.54) is 18.4 Å². The maximum atomic E-state index is 5.95. The fourth-order valence-electron chi connectivity index (χ4n) is 2.32. The zero-order valence-corrected chi connectivity index (χ0v) is 11.6. The van der Waals surface area contributed by atoms with E-state index in [-0.39, 0.29) is 0 Å². The van der Waals surface area contributed by atoms with Crippen LogP contribution in [0.25, 0.3) is 0 Å². The Morgan fingerprint density at radius 2 is 2.06 bits per heavy atom. The van der Waals surface area contributed by atoms with Gasteiger partial charge in [-0.3, -0.25) is 0 Å². The lowest BCUT2D eigenvalue weighted by molar-refractivity contribution is 0.398. The molecule has 0 aromatic heterocycles. The summed E-state index contributed by atoms with van der Waals surface area (Å²) in [5, 5.41) is 4.51. The molecule has 1 aromatic rings. The van der Waals surface area contributed by atoms with Crippen molar-refractivity contribution >= 4 is 11.6 Å². The molecule has 18 heavy (non-hydrogen) atoms. The predicted molar refractivity (Wildman–Crippen MR) is 77.6 cm³/mol. The summed E-state index contributed by atoms with van der Waals surface area (Å²) in [5.74, 6) is 3.52. The van der Waals surface area contributed by atoms with Gasteiger partial charge in [0.2, 0.25) is 0 Å². The molecule has 2 rings (SSSR count). The van der Waals surface area contributed by atoms with Crippen molar-refractivity contribution in [3.63, 3.8) is 0 Å². The highest BCUT2D eigenvalue weighted by Crippen LogP contribution is 2.41. The minimum absolute atomic E-state index is 0.413. The molecule has 0 spiro atoms. The lowest BCUT2D eigenvalue weighted by Crippen LogP contribution is -2.33. The second-order valence-electron chi connectivity index (χ2n) is 5.05. The summed E-state index contributed by atoms with van der Waals surface area (Å²) >= 11 is 5.95. The molecule has 0 amide bonds. The molecule has 1 fully saturated rings. The summed E-state index contributed by atoms with van der Waals surface area (Å²) in [5.41, 5.74) is 1.33. The summed E-state index contributed by atoms with van der Waals surface area (Å²) in [4.78, 5) is 0. The first-order valence-corrected chi connectivity index (χ1v) is 7.07. The van der Waals surface area contributed by atoms with Crippen LogP contribution in [0.4, 0.5) is 0 Å². The van der Waals surface area contributed by atoms with Gasteiger partial charge < -0.3 is 5.32 Å². The van der Waals surface area contributed by atoms with Crippen molar-refractivity contribution in [2.24, 2.45) is 5.92 Å². The van der Waals surface area contributed by atoms with Gasteiger partial charge in [-0.2, -0.15) is 0 Å². The smallest absolute Gasteiger partial charge is 0.0406 e. The minimum Gasteiger partial charge on any atom is -0.306 e. The molecule has 0 heterocycles. The molecule has 0 bridgehead atoms. The van der Waals surface area contributed by atoms with Crippen LogP contribution in [0.2, 0.25) is 5.02 Å². The topological polar surface area (TPSA) is 12.0 Å². The number of benzene rings is 1. The number of rotatable bonds is 6. The van der Waals surface area contributed by atoms with Crippen molar-refractivity contribution in [3.8, 4) is 12.3 Å². The summed E-state index contributed by atoms with van der Waals surface area (Å²) in [6, 6.07) is 9.03. The standard InChI is InChI=1S/C16H20ClN/c1-3-5-15(4-2)18-16(12-6-7-12)13-8-10-14(17)11-9-13/h1,8-12,15-16,18H,4-7H2,2H3. The molecule has 2 atom stereocenters. The minimum atomic E-state index is 0.413. The van der Waals surface area contributed by atoms with Gasteiger partial charge in [-0.1, -0.05) is 30.7 Å². The third-order valence-corrected chi connectivity index (χ3v) is 3.85. The Bertz CT molecular complexity index is 414. The summed E-state index contributed by atoms with van der Waals surface area (Å²) in [6.07, 6.45) is 9.92. The third-order valence-electron chi connectivity index (χ3n) is 3.59. The third kappa shape index (κ3) is 3.51. The second kappa shape index (κ2) is 6.27. The number of terminal acetylenes is 1. The van der Waals surface area contributed by atoms with Gasteiger partial charge in [0.25, 0.3) is 0 Å². The highest BCUT2D eigenvalue weighted by Gasteiger charge is 2.33. The van der Waals surface area contributed by atoms with Gasteiger partial charge in [0, 0.05) is 23.5 Å². The number of halogens is 1. The van der Waals surface area contributed by atoms with Crippen LogP contribution in [0.15, 0.2) is 24.3 Å². The second-order valence-corrected chi connectivity index (χ2v) is 5.48. The van der Waals surface area contributed by atoms with Crippen LogP contribution < -0.4 is 5.32 Å². The molecule has 1 saturated carbocycles. The molecule has 1 aromatic carbocycles. The zero-order valence-electron chi connectivity index (χ0n) is 10.8. The van der Waals surface area contributed by atoms with E-state index in [1.54, 1.807) is 0 Å². The fourth-order valence-corrected chi connectivity index (χ4v) is 2.45. The Morgan fingerprint density at radius 1 is 1.39 bits per heavy atom. The van der Waals surface area contributed by atoms with Gasteiger partial charge in [-0.25, -0.2) is 0 Å². The molecule has 1 aliphatic carbocycles. The molecule has 2 unspecified atom stereocenters. The zero-order chi connectivity index (χ0) is 13.0. The highest BCUT2D eigenvalue weighted by atomic mass is 35.5. The Morgan fingerprint density at radius 3 is 2.56 bits per heavy atom. The normalized spacial score (nSPS) is 18.1. The van der Waals surface area contributed by atoms with E-state index >= 15 is 0 Å². The van der Waals surface area contributed by atoms with Crippen molar-refractivity contribution in [2.75, 3.05) is 0 Å². The highest BCUT2D eigenvalue weighted by molar-refractivity contribution is 6.30. The molecule has 0 saturated heterocycles. The van der Waals surface area contributed by atoms with Crippen molar-refractivity contribution in [3.05, 3.63) is 34.9 Å². The maximum absolute atomic E-state index is 5.95. The van der Waals surface area contributed by atoms with Crippen LogP contribution >= 0.6 is 11.6 Å². The predicted octanol–water partition coefficient (Wildman–Crippen LogP) is 4.18. The van der Waals surface area contributed by atoms with Gasteiger partial charge in [0.1, 0.15) is 0 Å². The van der Waals surface area contributed by atoms with E-state index in [0.717, 1.165) is 23.8 Å². The number of hydrogen-bond donors (Lipinski definition) is 1. The lowest BCUT2D eigenvalue weighted by Gasteiger charge is -2.24. The number of hydrogen-bond acceptors (Lipinski definition) is 1. The van der Waals surface area contributed by atoms with Crippen LogP contribution in [0.1, 0.15) is 44.2 Å². The molecule has 96 valence electrons. The molecule has 1 nitrogen and oxygen atoms in total. The monoisotopic (exact) mass is 261 g/mol. The average Bonchev–Trinajstić information content (AvgIpc) is 3.20. The Balaban J connectivity index is 2.08. The molecule has 1 aliphatic rings. The molecular formula is C16H20ClN. The summed E-state index contributed by atoms with van der Waals surface area (Å²) in [6.45, 7) is 2.18. The quantitative estimate of drug-likeness (QED) is 0.758. The van der Waals surface area contributed by atoms with Gasteiger partial charge in [-0.05, 0) is 42.9 Å². The largest absolute Gasteiger partial charge is 0.306 e. The SMILES string of the molecule is C#CCC(CC)NC(c1ccc(Cl)cc1)C1CC1. The van der Waals surface area contributed by atoms with Crippen LogP contribution in [0, 0.1) is 18.3 Å². The summed E-state index contributed by atoms with van der Waals surface area (Å²) in [7, 11) is 0. The van der Waals surface area contributed by atoms with E-state index in [9.17, 15) is 0 Å². The maximum Gasteiger partial charge on any atom is 0.0406 e. The van der Waals surface area contributed by atoms with Gasteiger partial charge in [-0.15, -0.1) is 12.3 Å². The molecule has 2 heteroatoms. The van der Waals surface area contributed by atoms with Crippen LogP contribution in [0.5, 0.6) is 0 Å². The van der Waals surface area contributed by atoms with Crippen LogP contribution in [-0.4, -0.2) is 6.04 Å². The first-order chi connectivity index (χ1) is 8.74. The van der Waals surface area contributed by atoms with E-state index < -0.39 is 0 Å². The first-order valence-electron chi connectivity index (χ1n) is 6.69. The first kappa shape index (κ1) is 13.5. The Labute approximate surface area is 115 Å².